The molecule has 0 aromatic heterocycles. The van der Waals surface area contributed by atoms with Crippen molar-refractivity contribution in [3.8, 4) is 0 Å². The molecule has 0 aliphatic carbocycles. The Hall–Kier alpha value is 0.410. The third kappa shape index (κ3) is 22.8. The maximum atomic E-state index is 8.51. The van der Waals surface area contributed by atoms with Crippen molar-refractivity contribution in [2.45, 2.75) is 58.3 Å². The lowest BCUT2D eigenvalue weighted by molar-refractivity contribution is 0.524. The molecule has 0 amide bonds. The predicted octanol–water partition coefficient (Wildman–Crippen LogP) is 3.97. The van der Waals surface area contributed by atoms with Gasteiger partial charge in [-0.1, -0.05) is 51.9 Å². The van der Waals surface area contributed by atoms with Crippen LogP contribution in [-0.2, 0) is 4.57 Å². The quantitative estimate of drug-likeness (QED) is 0.382. The zero-order valence-electron chi connectivity index (χ0n) is 9.17. The molecule has 4 heteroatoms. The molecule has 0 aliphatic heterocycles. The fourth-order valence-corrected chi connectivity index (χ4v) is 1.47. The van der Waals surface area contributed by atoms with Crippen molar-refractivity contribution in [3.05, 3.63) is 0 Å². The maximum Gasteiger partial charge on any atom is 0.491 e. The second-order valence-corrected chi connectivity index (χ2v) is 3.92. The first-order valence-electron chi connectivity index (χ1n) is 5.45. The molecule has 0 spiro atoms. The molecule has 1 unspecified atom stereocenters. The molecule has 14 heavy (non-hydrogen) atoms. The lowest BCUT2D eigenvalue weighted by atomic mass is 10.1. The van der Waals surface area contributed by atoms with Gasteiger partial charge in [0.15, 0.2) is 0 Å². The summed E-state index contributed by atoms with van der Waals surface area (Å²) in [5, 5.41) is 0. The van der Waals surface area contributed by atoms with Gasteiger partial charge in [0.25, 0.3) is 0 Å². The predicted molar refractivity (Wildman–Crippen MR) is 67.7 cm³/mol. The van der Waals surface area contributed by atoms with Gasteiger partial charge in [0.05, 0.1) is 0 Å². The van der Waals surface area contributed by atoms with Crippen LogP contribution in [0.2, 0.25) is 0 Å². The summed E-state index contributed by atoms with van der Waals surface area (Å²) in [4.78, 5) is 7.04. The Morgan fingerprint density at radius 1 is 1.00 bits per heavy atom. The molecule has 86 valence electrons. The Labute approximate surface area is 95.2 Å². The van der Waals surface area contributed by atoms with Crippen LogP contribution < -0.4 is 0 Å². The molecule has 2 nitrogen and oxygen atoms in total. The van der Waals surface area contributed by atoms with Crippen molar-refractivity contribution >= 4 is 21.3 Å². The normalized spacial score (nSPS) is 9.64. The van der Waals surface area contributed by atoms with Gasteiger partial charge in [-0.15, -0.1) is 0 Å². The van der Waals surface area contributed by atoms with E-state index in [-0.39, 0.29) is 0 Å². The summed E-state index contributed by atoms with van der Waals surface area (Å²) in [6, 6.07) is 0. The smallest absolute Gasteiger partial charge is 0.179 e. The van der Waals surface area contributed by atoms with Gasteiger partial charge in [-0.3, -0.25) is 0 Å². The van der Waals surface area contributed by atoms with Gasteiger partial charge in [0.1, 0.15) is 0 Å². The molecule has 0 radical (unpaired) electrons. The summed E-state index contributed by atoms with van der Waals surface area (Å²) in [6.45, 7) is 2.26. The molecule has 1 atom stereocenters. The van der Waals surface area contributed by atoms with Crippen molar-refractivity contribution in [1.82, 2.24) is 0 Å². The van der Waals surface area contributed by atoms with Crippen molar-refractivity contribution in [2.24, 2.45) is 0 Å². The summed E-state index contributed by atoms with van der Waals surface area (Å²) in [6.07, 6.45) is 11.2. The first-order valence-corrected chi connectivity index (χ1v) is 6.94. The molecular weight excluding hydrogens is 215 g/mol. The summed E-state index contributed by atoms with van der Waals surface area (Å²) < 4.78 is 8.51. The Kier molecular flexibility index (Phi) is 22.9. The Morgan fingerprint density at radius 2 is 1.36 bits per heavy atom. The van der Waals surface area contributed by atoms with Gasteiger partial charge >= 0.3 is 8.69 Å². The molecule has 0 saturated heterocycles. The topological polar surface area (TPSA) is 37.3 Å². The number of thiol groups is 1. The fourth-order valence-electron chi connectivity index (χ4n) is 1.25. The second kappa shape index (κ2) is 19.1. The molecular formula is C10H24O2PS+. The van der Waals surface area contributed by atoms with Crippen molar-refractivity contribution in [3.63, 3.8) is 0 Å². The third-order valence-electron chi connectivity index (χ3n) is 2.01. The summed E-state index contributed by atoms with van der Waals surface area (Å²) >= 11 is 4.18. The first kappa shape index (κ1) is 16.8. The number of rotatable bonds is 8. The number of hydrogen-bond donors (Lipinski definition) is 2. The largest absolute Gasteiger partial charge is 0.491 e. The molecule has 0 aliphatic rings. The van der Waals surface area contributed by atoms with E-state index in [1.54, 1.807) is 0 Å². The highest BCUT2D eigenvalue weighted by molar-refractivity contribution is 7.80. The summed E-state index contributed by atoms with van der Waals surface area (Å²) in [5.41, 5.74) is 0. The van der Waals surface area contributed by atoms with E-state index >= 15 is 0 Å². The van der Waals surface area contributed by atoms with Crippen LogP contribution in [0.3, 0.4) is 0 Å². The summed E-state index contributed by atoms with van der Waals surface area (Å²) in [5.74, 6) is 1.06. The zero-order valence-corrected chi connectivity index (χ0v) is 11.1. The molecule has 0 rings (SSSR count). The highest BCUT2D eigenvalue weighted by atomic mass is 32.1. The molecule has 0 bridgehead atoms. The van der Waals surface area contributed by atoms with E-state index in [2.05, 4.69) is 19.6 Å². The standard InChI is InChI=1S/C10H22S.HO2P/c1-2-3-4-5-6-7-8-9-10-11;1-3-2/h11H,2-10H2,1H3;3H/p+1. The van der Waals surface area contributed by atoms with E-state index in [0.717, 1.165) is 5.75 Å². The highest BCUT2D eigenvalue weighted by Gasteiger charge is 1.89. The average molecular weight is 239 g/mol. The minimum atomic E-state index is -1.17. The first-order chi connectivity index (χ1) is 6.83. The number of hydrogen-bond acceptors (Lipinski definition) is 2. The Morgan fingerprint density at radius 3 is 1.71 bits per heavy atom. The van der Waals surface area contributed by atoms with Gasteiger partial charge in [-0.2, -0.15) is 17.5 Å². The maximum absolute atomic E-state index is 8.51. The molecule has 0 fully saturated rings. The molecule has 0 heterocycles. The van der Waals surface area contributed by atoms with Crippen molar-refractivity contribution in [1.29, 1.82) is 0 Å². The van der Waals surface area contributed by atoms with E-state index in [4.69, 9.17) is 9.46 Å². The van der Waals surface area contributed by atoms with Crippen LogP contribution in [0.25, 0.3) is 0 Å². The van der Waals surface area contributed by atoms with Gasteiger partial charge in [0.2, 0.25) is 0 Å². The van der Waals surface area contributed by atoms with Gasteiger partial charge in [0, 0.05) is 0 Å². The lowest BCUT2D eigenvalue weighted by Crippen LogP contribution is -1.80. The zero-order chi connectivity index (χ0) is 11.1. The SMILES string of the molecule is CCCCCCCCCCS.O=[PH+]O. The van der Waals surface area contributed by atoms with Gasteiger partial charge in [-0.05, 0) is 16.7 Å². The van der Waals surface area contributed by atoms with Crippen LogP contribution in [0.1, 0.15) is 58.3 Å². The van der Waals surface area contributed by atoms with Crippen LogP contribution in [0.5, 0.6) is 0 Å². The van der Waals surface area contributed by atoms with Crippen molar-refractivity contribution in [2.75, 3.05) is 5.75 Å². The fraction of sp³-hybridized carbons (Fsp3) is 1.00. The van der Waals surface area contributed by atoms with Crippen LogP contribution in [0, 0.1) is 0 Å². The molecule has 0 saturated carbocycles. The lowest BCUT2D eigenvalue weighted by Gasteiger charge is -1.98. The number of unbranched alkanes of at least 4 members (excludes halogenated alkanes) is 7. The highest BCUT2D eigenvalue weighted by Crippen LogP contribution is 2.08. The van der Waals surface area contributed by atoms with E-state index in [1.165, 1.54) is 51.4 Å². The summed E-state index contributed by atoms with van der Waals surface area (Å²) in [7, 11) is -1.17. The molecule has 1 N–H and O–H groups in total. The van der Waals surface area contributed by atoms with Crippen LogP contribution in [-0.4, -0.2) is 10.6 Å². The molecule has 0 aromatic rings. The van der Waals surface area contributed by atoms with Gasteiger partial charge < -0.3 is 0 Å². The third-order valence-corrected chi connectivity index (χ3v) is 2.33. The Bertz CT molecular complexity index is 94.1. The second-order valence-electron chi connectivity index (χ2n) is 3.29. The van der Waals surface area contributed by atoms with Crippen LogP contribution >= 0.6 is 21.3 Å². The van der Waals surface area contributed by atoms with E-state index < -0.39 is 8.69 Å². The van der Waals surface area contributed by atoms with Crippen LogP contribution in [0.4, 0.5) is 0 Å². The Balaban J connectivity index is 0. The minimum Gasteiger partial charge on any atom is -0.179 e. The monoisotopic (exact) mass is 239 g/mol. The molecule has 0 aromatic carbocycles. The average Bonchev–Trinajstić information content (AvgIpc) is 2.18. The van der Waals surface area contributed by atoms with Gasteiger partial charge in [-0.25, -0.2) is 0 Å². The van der Waals surface area contributed by atoms with Crippen LogP contribution in [0.15, 0.2) is 0 Å². The van der Waals surface area contributed by atoms with E-state index in [1.807, 2.05) is 0 Å². The minimum absolute atomic E-state index is 1.06. The van der Waals surface area contributed by atoms with Crippen molar-refractivity contribution < 1.29 is 9.46 Å². The van der Waals surface area contributed by atoms with E-state index in [9.17, 15) is 0 Å². The van der Waals surface area contributed by atoms with E-state index in [0.29, 0.717) is 0 Å².